The topological polar surface area (TPSA) is 9.23 Å². The van der Waals surface area contributed by atoms with Gasteiger partial charge in [-0.2, -0.15) is 0 Å². The van der Waals surface area contributed by atoms with Crippen LogP contribution in [0.4, 0.5) is 0 Å². The molecule has 1 aliphatic carbocycles. The minimum absolute atomic E-state index is 0.0656. The summed E-state index contributed by atoms with van der Waals surface area (Å²) in [4.78, 5) is 0. The molecule has 5 rings (SSSR count). The quantitative estimate of drug-likeness (QED) is 0.523. The molecule has 3 aromatic rings. The number of hydrogen-bond acceptors (Lipinski definition) is 1. The molecule has 1 aliphatic heterocycles. The lowest BCUT2D eigenvalue weighted by molar-refractivity contribution is 0.0966. The standard InChI is InChI=1S/C27H26O/c1-20-12-15-22(16-13-20)25-26-24(17-14-21-8-4-2-5-9-21)28-19-18-27(25,26)23-10-6-3-7-11-23/h2-13,15-16,18-19,24-26H,14,17H2,1H3/t24-,25-,26-,27-/m1/s1. The first kappa shape index (κ1) is 17.3. The maximum Gasteiger partial charge on any atom is 0.103 e. The molecule has 0 radical (unpaired) electrons. The van der Waals surface area contributed by atoms with E-state index >= 15 is 0 Å². The molecule has 28 heavy (non-hydrogen) atoms. The molecule has 2 aliphatic rings. The van der Waals surface area contributed by atoms with Crippen molar-refractivity contribution in [3.63, 3.8) is 0 Å². The van der Waals surface area contributed by atoms with Crippen LogP contribution in [0.2, 0.25) is 0 Å². The van der Waals surface area contributed by atoms with Crippen molar-refractivity contribution in [2.75, 3.05) is 0 Å². The summed E-state index contributed by atoms with van der Waals surface area (Å²) in [6.07, 6.45) is 6.64. The molecule has 0 N–H and O–H groups in total. The maximum absolute atomic E-state index is 6.20. The first-order chi connectivity index (χ1) is 13.8. The van der Waals surface area contributed by atoms with Gasteiger partial charge in [-0.05, 0) is 42.5 Å². The molecule has 1 heterocycles. The summed E-state index contributed by atoms with van der Waals surface area (Å²) in [7, 11) is 0. The Hall–Kier alpha value is -2.80. The van der Waals surface area contributed by atoms with Crippen molar-refractivity contribution < 1.29 is 4.74 Å². The van der Waals surface area contributed by atoms with Gasteiger partial charge >= 0.3 is 0 Å². The Kier molecular flexibility index (Phi) is 4.31. The highest BCUT2D eigenvalue weighted by Crippen LogP contribution is 2.70. The predicted octanol–water partition coefficient (Wildman–Crippen LogP) is 6.19. The Labute approximate surface area is 167 Å². The van der Waals surface area contributed by atoms with Gasteiger partial charge in [0.05, 0.1) is 6.26 Å². The number of rotatable bonds is 5. The lowest BCUT2D eigenvalue weighted by Gasteiger charge is -2.25. The van der Waals surface area contributed by atoms with Crippen LogP contribution in [-0.2, 0) is 16.6 Å². The number of fused-ring (bicyclic) bond motifs is 1. The van der Waals surface area contributed by atoms with Crippen LogP contribution in [0.5, 0.6) is 0 Å². The number of allylic oxidation sites excluding steroid dienone is 1. The second kappa shape index (κ2) is 6.98. The van der Waals surface area contributed by atoms with Crippen LogP contribution in [0, 0.1) is 12.8 Å². The molecule has 0 aromatic heterocycles. The van der Waals surface area contributed by atoms with Gasteiger partial charge in [0, 0.05) is 17.3 Å². The van der Waals surface area contributed by atoms with Gasteiger partial charge in [-0.15, -0.1) is 0 Å². The Balaban J connectivity index is 1.48. The highest BCUT2D eigenvalue weighted by atomic mass is 16.5. The Morgan fingerprint density at radius 3 is 2.21 bits per heavy atom. The molecule has 1 heteroatoms. The average Bonchev–Trinajstić information content (AvgIpc) is 3.45. The third kappa shape index (κ3) is 2.86. The van der Waals surface area contributed by atoms with E-state index in [1.54, 1.807) is 0 Å². The lowest BCUT2D eigenvalue weighted by Crippen LogP contribution is -2.24. The van der Waals surface area contributed by atoms with Gasteiger partial charge in [-0.3, -0.25) is 0 Å². The van der Waals surface area contributed by atoms with Gasteiger partial charge in [-0.1, -0.05) is 90.5 Å². The van der Waals surface area contributed by atoms with E-state index in [-0.39, 0.29) is 11.5 Å². The van der Waals surface area contributed by atoms with Gasteiger partial charge in [-0.25, -0.2) is 0 Å². The minimum Gasteiger partial charge on any atom is -0.498 e. The summed E-state index contributed by atoms with van der Waals surface area (Å²) in [5, 5.41) is 0. The summed E-state index contributed by atoms with van der Waals surface area (Å²) in [6.45, 7) is 2.16. The van der Waals surface area contributed by atoms with Crippen LogP contribution in [0.15, 0.2) is 97.3 Å². The molecule has 0 unspecified atom stereocenters. The number of ether oxygens (including phenoxy) is 1. The van der Waals surface area contributed by atoms with E-state index in [0.29, 0.717) is 11.8 Å². The van der Waals surface area contributed by atoms with Crippen LogP contribution in [0.25, 0.3) is 0 Å². The van der Waals surface area contributed by atoms with E-state index in [1.807, 2.05) is 6.26 Å². The van der Waals surface area contributed by atoms with E-state index in [9.17, 15) is 0 Å². The Morgan fingerprint density at radius 1 is 0.821 bits per heavy atom. The number of benzene rings is 3. The van der Waals surface area contributed by atoms with Crippen molar-refractivity contribution in [3.8, 4) is 0 Å². The molecule has 1 fully saturated rings. The van der Waals surface area contributed by atoms with Crippen molar-refractivity contribution in [2.24, 2.45) is 5.92 Å². The van der Waals surface area contributed by atoms with Crippen molar-refractivity contribution in [3.05, 3.63) is 120 Å². The summed E-state index contributed by atoms with van der Waals surface area (Å²) < 4.78 is 6.20. The highest BCUT2D eigenvalue weighted by molar-refractivity contribution is 5.52. The normalized spacial score (nSPS) is 27.7. The van der Waals surface area contributed by atoms with Crippen LogP contribution < -0.4 is 0 Å². The minimum atomic E-state index is 0.0656. The third-order valence-electron chi connectivity index (χ3n) is 6.58. The van der Waals surface area contributed by atoms with E-state index < -0.39 is 0 Å². The van der Waals surface area contributed by atoms with E-state index in [1.165, 1.54) is 22.3 Å². The molecule has 1 saturated carbocycles. The van der Waals surface area contributed by atoms with Gasteiger partial charge in [0.15, 0.2) is 0 Å². The second-order valence-electron chi connectivity index (χ2n) is 8.21. The second-order valence-corrected chi connectivity index (χ2v) is 8.21. The molecule has 0 amide bonds. The average molecular weight is 367 g/mol. The van der Waals surface area contributed by atoms with Crippen molar-refractivity contribution in [2.45, 2.75) is 37.2 Å². The van der Waals surface area contributed by atoms with Crippen LogP contribution in [0.3, 0.4) is 0 Å². The van der Waals surface area contributed by atoms with Crippen LogP contribution in [0.1, 0.15) is 34.6 Å². The van der Waals surface area contributed by atoms with Crippen LogP contribution >= 0.6 is 0 Å². The first-order valence-corrected chi connectivity index (χ1v) is 10.3. The molecule has 3 aromatic carbocycles. The first-order valence-electron chi connectivity index (χ1n) is 10.3. The Bertz CT molecular complexity index is 958. The SMILES string of the molecule is Cc1ccc([C@@H]2[C@H]3[C@@H](CCc4ccccc4)OC=C[C@]32c2ccccc2)cc1. The smallest absolute Gasteiger partial charge is 0.103 e. The molecule has 0 saturated heterocycles. The van der Waals surface area contributed by atoms with Crippen molar-refractivity contribution >= 4 is 0 Å². The highest BCUT2D eigenvalue weighted by Gasteiger charge is 2.68. The predicted molar refractivity (Wildman–Crippen MR) is 114 cm³/mol. The molecular formula is C27H26O. The monoisotopic (exact) mass is 366 g/mol. The lowest BCUT2D eigenvalue weighted by atomic mass is 9.87. The van der Waals surface area contributed by atoms with E-state index in [2.05, 4.69) is 97.9 Å². The summed E-state index contributed by atoms with van der Waals surface area (Å²) in [5.41, 5.74) is 5.61. The Morgan fingerprint density at radius 2 is 1.50 bits per heavy atom. The van der Waals surface area contributed by atoms with E-state index in [0.717, 1.165) is 12.8 Å². The largest absolute Gasteiger partial charge is 0.498 e. The molecule has 4 atom stereocenters. The molecule has 0 bridgehead atoms. The fourth-order valence-corrected chi connectivity index (χ4v) is 5.16. The third-order valence-corrected chi connectivity index (χ3v) is 6.58. The molecule has 1 nitrogen and oxygen atoms in total. The zero-order chi connectivity index (χ0) is 19.0. The van der Waals surface area contributed by atoms with Gasteiger partial charge in [0.1, 0.15) is 6.10 Å². The van der Waals surface area contributed by atoms with E-state index in [4.69, 9.17) is 4.74 Å². The summed E-state index contributed by atoms with van der Waals surface area (Å²) in [6, 6.07) is 30.8. The van der Waals surface area contributed by atoms with Gasteiger partial charge in [0.25, 0.3) is 0 Å². The zero-order valence-electron chi connectivity index (χ0n) is 16.3. The molecular weight excluding hydrogens is 340 g/mol. The molecule has 0 spiro atoms. The number of aryl methyl sites for hydroxylation is 2. The van der Waals surface area contributed by atoms with Crippen molar-refractivity contribution in [1.29, 1.82) is 0 Å². The fraction of sp³-hybridized carbons (Fsp3) is 0.259. The molecule has 140 valence electrons. The van der Waals surface area contributed by atoms with Gasteiger partial charge in [0.2, 0.25) is 0 Å². The zero-order valence-corrected chi connectivity index (χ0v) is 16.3. The summed E-state index contributed by atoms with van der Waals surface area (Å²) in [5.74, 6) is 0.973. The fourth-order valence-electron chi connectivity index (χ4n) is 5.16. The summed E-state index contributed by atoms with van der Waals surface area (Å²) >= 11 is 0. The van der Waals surface area contributed by atoms with Gasteiger partial charge < -0.3 is 4.74 Å². The van der Waals surface area contributed by atoms with Crippen LogP contribution in [-0.4, -0.2) is 6.10 Å². The van der Waals surface area contributed by atoms with Crippen molar-refractivity contribution in [1.82, 2.24) is 0 Å². The number of hydrogen-bond donors (Lipinski definition) is 0. The maximum atomic E-state index is 6.20.